The van der Waals surface area contributed by atoms with Crippen molar-refractivity contribution in [3.05, 3.63) is 81.6 Å². The maximum absolute atomic E-state index is 13.2. The summed E-state index contributed by atoms with van der Waals surface area (Å²) in [5, 5.41) is 5.17. The number of hydrogen-bond acceptors (Lipinski definition) is 6. The summed E-state index contributed by atoms with van der Waals surface area (Å²) in [5.74, 6) is 1.01. The average Bonchev–Trinajstić information content (AvgIpc) is 3.59. The molecule has 2 aliphatic heterocycles. The lowest BCUT2D eigenvalue weighted by Gasteiger charge is -2.25. The third-order valence-corrected chi connectivity index (χ3v) is 8.14. The van der Waals surface area contributed by atoms with Gasteiger partial charge >= 0.3 is 0 Å². The third kappa shape index (κ3) is 5.13. The molecule has 1 aromatic carbocycles. The van der Waals surface area contributed by atoms with Gasteiger partial charge in [0.25, 0.3) is 11.8 Å². The first kappa shape index (κ1) is 23.6. The minimum atomic E-state index is -0.0339. The first-order valence-electron chi connectivity index (χ1n) is 12.2. The first-order chi connectivity index (χ1) is 17.0. The summed E-state index contributed by atoms with van der Waals surface area (Å²) in [6, 6.07) is 13.9. The predicted octanol–water partition coefficient (Wildman–Crippen LogP) is 3.72. The smallest absolute Gasteiger partial charge is 0.261 e. The Morgan fingerprint density at radius 2 is 1.69 bits per heavy atom. The fourth-order valence-electron chi connectivity index (χ4n) is 5.46. The normalized spacial score (nSPS) is 20.6. The van der Waals surface area contributed by atoms with Gasteiger partial charge in [-0.05, 0) is 49.1 Å². The van der Waals surface area contributed by atoms with E-state index in [0.29, 0.717) is 17.4 Å². The molecule has 2 aliphatic rings. The molecule has 2 fully saturated rings. The quantitative estimate of drug-likeness (QED) is 0.547. The molecule has 0 saturated carbocycles. The summed E-state index contributed by atoms with van der Waals surface area (Å²) in [4.78, 5) is 39.6. The predicted molar refractivity (Wildman–Crippen MR) is 136 cm³/mol. The Kier molecular flexibility index (Phi) is 6.92. The largest absolute Gasteiger partial charge is 0.344 e. The van der Waals surface area contributed by atoms with Crippen molar-refractivity contribution < 1.29 is 9.59 Å². The van der Waals surface area contributed by atoms with Gasteiger partial charge in [0.2, 0.25) is 0 Å². The van der Waals surface area contributed by atoms with Crippen LogP contribution in [0.4, 0.5) is 0 Å². The van der Waals surface area contributed by atoms with E-state index in [1.165, 1.54) is 17.7 Å². The van der Waals surface area contributed by atoms with Crippen molar-refractivity contribution in [2.75, 3.05) is 32.7 Å². The van der Waals surface area contributed by atoms with Crippen molar-refractivity contribution in [3.8, 4) is 0 Å². The van der Waals surface area contributed by atoms with Crippen LogP contribution in [0.15, 0.2) is 54.2 Å². The summed E-state index contributed by atoms with van der Waals surface area (Å²) < 4.78 is 0. The highest BCUT2D eigenvalue weighted by atomic mass is 32.1. The number of rotatable bonds is 7. The number of thiophene rings is 1. The molecule has 2 saturated heterocycles. The van der Waals surface area contributed by atoms with E-state index in [4.69, 9.17) is 0 Å². The van der Waals surface area contributed by atoms with Crippen LogP contribution in [0.25, 0.3) is 0 Å². The van der Waals surface area contributed by atoms with E-state index < -0.39 is 0 Å². The molecular weight excluding hydrogens is 458 g/mol. The van der Waals surface area contributed by atoms with Gasteiger partial charge < -0.3 is 15.1 Å². The molecule has 3 aromatic rings. The average molecular weight is 490 g/mol. The van der Waals surface area contributed by atoms with Gasteiger partial charge in [-0.25, -0.2) is 9.97 Å². The monoisotopic (exact) mass is 489 g/mol. The first-order valence-corrected chi connectivity index (χ1v) is 13.1. The van der Waals surface area contributed by atoms with Gasteiger partial charge in [-0.2, -0.15) is 0 Å². The number of benzene rings is 1. The van der Waals surface area contributed by atoms with Gasteiger partial charge in [0.1, 0.15) is 6.33 Å². The zero-order valence-corrected chi connectivity index (χ0v) is 21.0. The molecule has 0 radical (unpaired) electrons. The van der Waals surface area contributed by atoms with Gasteiger partial charge in [0, 0.05) is 32.7 Å². The lowest BCUT2D eigenvalue weighted by atomic mass is 10.0. The molecule has 7 nitrogen and oxygen atoms in total. The zero-order valence-electron chi connectivity index (χ0n) is 20.2. The summed E-state index contributed by atoms with van der Waals surface area (Å²) in [7, 11) is 0. The standard InChI is InChI=1S/C27H31N5O2S/c1-18-25(19(2)29-17-28-18)27(34)32-15-21-13-31(14-22(21)16-32)11-10-23(20-7-4-3-5-8-20)30-26(33)24-9-6-12-35-24/h3-9,12,17,21-23H,10-11,13-16H2,1-2H3,(H,30,33)/t21-,22?,23?/m0/s1. The molecular formula is C27H31N5O2S. The van der Waals surface area contributed by atoms with Crippen LogP contribution < -0.4 is 5.32 Å². The molecule has 2 aromatic heterocycles. The Morgan fingerprint density at radius 1 is 1.00 bits per heavy atom. The Balaban J connectivity index is 1.18. The maximum Gasteiger partial charge on any atom is 0.261 e. The van der Waals surface area contributed by atoms with Crippen molar-refractivity contribution in [3.63, 3.8) is 0 Å². The highest BCUT2D eigenvalue weighted by Gasteiger charge is 2.42. The van der Waals surface area contributed by atoms with E-state index in [1.54, 1.807) is 0 Å². The number of hydrogen-bond donors (Lipinski definition) is 1. The van der Waals surface area contributed by atoms with Crippen molar-refractivity contribution in [1.29, 1.82) is 0 Å². The lowest BCUT2D eigenvalue weighted by Crippen LogP contribution is -2.35. The number of amides is 2. The van der Waals surface area contributed by atoms with Crippen molar-refractivity contribution in [1.82, 2.24) is 25.1 Å². The molecule has 8 heteroatoms. The maximum atomic E-state index is 13.2. The van der Waals surface area contributed by atoms with Gasteiger partial charge in [-0.15, -0.1) is 11.3 Å². The highest BCUT2D eigenvalue weighted by Crippen LogP contribution is 2.33. The zero-order chi connectivity index (χ0) is 24.4. The number of aromatic nitrogens is 2. The molecule has 2 amide bonds. The van der Waals surface area contributed by atoms with E-state index in [1.807, 2.05) is 54.5 Å². The molecule has 0 spiro atoms. The van der Waals surface area contributed by atoms with Gasteiger partial charge in [-0.1, -0.05) is 36.4 Å². The molecule has 182 valence electrons. The van der Waals surface area contributed by atoms with E-state index in [9.17, 15) is 9.59 Å². The van der Waals surface area contributed by atoms with E-state index in [-0.39, 0.29) is 17.9 Å². The van der Waals surface area contributed by atoms with Crippen LogP contribution in [-0.2, 0) is 0 Å². The minimum absolute atomic E-state index is 0.0169. The van der Waals surface area contributed by atoms with Crippen molar-refractivity contribution >= 4 is 23.2 Å². The Labute approximate surface area is 210 Å². The SMILES string of the molecule is Cc1ncnc(C)c1C(=O)N1CC2CN(CCC(NC(=O)c3cccs3)c3ccccc3)C[C@H]2C1. The topological polar surface area (TPSA) is 78.4 Å². The Morgan fingerprint density at radius 3 is 2.31 bits per heavy atom. The van der Waals surface area contributed by atoms with Gasteiger partial charge in [0.15, 0.2) is 0 Å². The number of carbonyl (C=O) groups is 2. The van der Waals surface area contributed by atoms with Crippen LogP contribution >= 0.6 is 11.3 Å². The number of carbonyl (C=O) groups excluding carboxylic acids is 2. The van der Waals surface area contributed by atoms with Crippen LogP contribution in [-0.4, -0.2) is 64.3 Å². The van der Waals surface area contributed by atoms with Crippen LogP contribution in [0.5, 0.6) is 0 Å². The molecule has 2 unspecified atom stereocenters. The van der Waals surface area contributed by atoms with Crippen molar-refractivity contribution in [2.24, 2.45) is 11.8 Å². The number of fused-ring (bicyclic) bond motifs is 1. The second-order valence-electron chi connectivity index (χ2n) is 9.61. The Bertz CT molecular complexity index is 1150. The van der Waals surface area contributed by atoms with Gasteiger partial charge in [-0.3, -0.25) is 9.59 Å². The van der Waals surface area contributed by atoms with Crippen molar-refractivity contribution in [2.45, 2.75) is 26.3 Å². The molecule has 5 rings (SSSR count). The fraction of sp³-hybridized carbons (Fsp3) is 0.407. The summed E-state index contributed by atoms with van der Waals surface area (Å²) in [6.45, 7) is 8.20. The molecule has 0 bridgehead atoms. The number of aryl methyl sites for hydroxylation is 2. The molecule has 3 atom stereocenters. The van der Waals surface area contributed by atoms with Crippen LogP contribution in [0.3, 0.4) is 0 Å². The van der Waals surface area contributed by atoms with E-state index in [0.717, 1.165) is 61.0 Å². The number of likely N-dealkylation sites (tertiary alicyclic amines) is 2. The van der Waals surface area contributed by atoms with Crippen LogP contribution in [0, 0.1) is 25.7 Å². The highest BCUT2D eigenvalue weighted by molar-refractivity contribution is 7.12. The van der Waals surface area contributed by atoms with Crippen LogP contribution in [0.2, 0.25) is 0 Å². The molecule has 1 N–H and O–H groups in total. The molecule has 0 aliphatic carbocycles. The number of nitrogens with zero attached hydrogens (tertiary/aromatic N) is 4. The second kappa shape index (κ2) is 10.3. The summed E-state index contributed by atoms with van der Waals surface area (Å²) in [6.07, 6.45) is 2.37. The third-order valence-electron chi connectivity index (χ3n) is 7.28. The number of nitrogens with one attached hydrogen (secondary N) is 1. The molecule has 4 heterocycles. The summed E-state index contributed by atoms with van der Waals surface area (Å²) >= 11 is 1.46. The van der Waals surface area contributed by atoms with Gasteiger partial charge in [0.05, 0.1) is 27.9 Å². The van der Waals surface area contributed by atoms with E-state index in [2.05, 4.69) is 32.3 Å². The molecule has 35 heavy (non-hydrogen) atoms. The lowest BCUT2D eigenvalue weighted by molar-refractivity contribution is 0.0771. The van der Waals surface area contributed by atoms with Crippen LogP contribution in [0.1, 0.15) is 49.4 Å². The Hall–Kier alpha value is -3.10. The van der Waals surface area contributed by atoms with E-state index >= 15 is 0 Å². The second-order valence-corrected chi connectivity index (χ2v) is 10.6. The fourth-order valence-corrected chi connectivity index (χ4v) is 6.08. The summed E-state index contributed by atoms with van der Waals surface area (Å²) in [5.41, 5.74) is 3.27. The minimum Gasteiger partial charge on any atom is -0.344 e.